The highest BCUT2D eigenvalue weighted by Gasteiger charge is 2.21. The maximum atomic E-state index is 11.6. The monoisotopic (exact) mass is 381 g/mol. The van der Waals surface area contributed by atoms with E-state index in [2.05, 4.69) is 15.3 Å². The molecule has 25 heavy (non-hydrogen) atoms. The first-order chi connectivity index (χ1) is 11.8. The van der Waals surface area contributed by atoms with Crippen LogP contribution in [0.15, 0.2) is 46.0 Å². The van der Waals surface area contributed by atoms with Crippen molar-refractivity contribution < 1.29 is 14.4 Å². The first-order valence-electron chi connectivity index (χ1n) is 7.09. The van der Waals surface area contributed by atoms with E-state index in [0.29, 0.717) is 21.6 Å². The molecule has 0 atom stereocenters. The SMILES string of the molecule is O=c1[nH]c2cc(Cl)cc(CNc3ccccc3P(=O)(O)O)c2[nH]c1=O. The average Bonchev–Trinajstić information content (AvgIpc) is 2.53. The predicted molar refractivity (Wildman–Crippen MR) is 95.6 cm³/mol. The summed E-state index contributed by atoms with van der Waals surface area (Å²) >= 11 is 6.04. The Labute approximate surface area is 145 Å². The van der Waals surface area contributed by atoms with E-state index in [1.54, 1.807) is 12.1 Å². The van der Waals surface area contributed by atoms with Gasteiger partial charge in [0.05, 0.1) is 16.3 Å². The summed E-state index contributed by atoms with van der Waals surface area (Å²) in [5.41, 5.74) is -0.0355. The zero-order valence-electron chi connectivity index (χ0n) is 12.6. The van der Waals surface area contributed by atoms with Crippen LogP contribution in [0.2, 0.25) is 5.02 Å². The number of halogens is 1. The van der Waals surface area contributed by atoms with E-state index in [-0.39, 0.29) is 17.5 Å². The number of benzene rings is 2. The third-order valence-corrected chi connectivity index (χ3v) is 4.80. The van der Waals surface area contributed by atoms with Crippen LogP contribution < -0.4 is 21.7 Å². The van der Waals surface area contributed by atoms with Crippen molar-refractivity contribution in [1.29, 1.82) is 0 Å². The summed E-state index contributed by atoms with van der Waals surface area (Å²) in [5.74, 6) is 0. The predicted octanol–water partition coefficient (Wildman–Crippen LogP) is 1.28. The highest BCUT2D eigenvalue weighted by atomic mass is 35.5. The average molecular weight is 382 g/mol. The molecule has 1 heterocycles. The van der Waals surface area contributed by atoms with Crippen LogP contribution in [0.1, 0.15) is 5.56 Å². The van der Waals surface area contributed by atoms with Crippen molar-refractivity contribution in [3.63, 3.8) is 0 Å². The number of anilines is 1. The summed E-state index contributed by atoms with van der Waals surface area (Å²) in [7, 11) is -4.44. The van der Waals surface area contributed by atoms with Crippen LogP contribution in [-0.2, 0) is 11.1 Å². The zero-order chi connectivity index (χ0) is 18.2. The molecule has 0 bridgehead atoms. The largest absolute Gasteiger partial charge is 0.380 e. The number of H-pyrrole nitrogens is 2. The lowest BCUT2D eigenvalue weighted by Gasteiger charge is -2.14. The molecule has 0 unspecified atom stereocenters. The highest BCUT2D eigenvalue weighted by molar-refractivity contribution is 7.60. The third kappa shape index (κ3) is 3.67. The maximum absolute atomic E-state index is 11.6. The number of fused-ring (bicyclic) bond motifs is 1. The minimum atomic E-state index is -4.44. The van der Waals surface area contributed by atoms with Crippen molar-refractivity contribution in [1.82, 2.24) is 9.97 Å². The van der Waals surface area contributed by atoms with Gasteiger partial charge < -0.3 is 25.1 Å². The number of aromatic nitrogens is 2. The van der Waals surface area contributed by atoms with Gasteiger partial charge in [-0.3, -0.25) is 14.2 Å². The first kappa shape index (κ1) is 17.4. The van der Waals surface area contributed by atoms with Crippen molar-refractivity contribution in [3.8, 4) is 0 Å². The van der Waals surface area contributed by atoms with Crippen molar-refractivity contribution in [2.45, 2.75) is 6.54 Å². The molecule has 5 N–H and O–H groups in total. The molecule has 0 aliphatic carbocycles. The fourth-order valence-corrected chi connectivity index (χ4v) is 3.45. The number of rotatable bonds is 4. The standard InChI is InChI=1S/C15H13ClN3O5P/c16-9-5-8(13-11(6-9)18-14(20)15(21)19-13)7-17-10-3-1-2-4-12(10)25(22,23)24/h1-6,17H,7H2,(H,18,20)(H,19,21)(H2,22,23,24). The molecule has 0 saturated carbocycles. The highest BCUT2D eigenvalue weighted by Crippen LogP contribution is 2.36. The van der Waals surface area contributed by atoms with E-state index >= 15 is 0 Å². The van der Waals surface area contributed by atoms with Crippen LogP contribution in [0.5, 0.6) is 0 Å². The van der Waals surface area contributed by atoms with Crippen LogP contribution in [0.25, 0.3) is 11.0 Å². The van der Waals surface area contributed by atoms with Crippen molar-refractivity contribution >= 4 is 41.2 Å². The fourth-order valence-electron chi connectivity index (χ4n) is 2.47. The normalized spacial score (nSPS) is 11.6. The second-order valence-corrected chi connectivity index (χ2v) is 7.32. The number of hydrogen-bond donors (Lipinski definition) is 5. The second kappa shape index (κ2) is 6.50. The lowest BCUT2D eigenvalue weighted by atomic mass is 10.1. The maximum Gasteiger partial charge on any atom is 0.358 e. The Balaban J connectivity index is 2.03. The molecule has 3 aromatic rings. The lowest BCUT2D eigenvalue weighted by molar-refractivity contribution is 0.387. The summed E-state index contributed by atoms with van der Waals surface area (Å²) in [4.78, 5) is 46.8. The van der Waals surface area contributed by atoms with Gasteiger partial charge in [-0.15, -0.1) is 0 Å². The molecule has 0 amide bonds. The van der Waals surface area contributed by atoms with E-state index in [9.17, 15) is 23.9 Å². The van der Waals surface area contributed by atoms with Gasteiger partial charge in [0.1, 0.15) is 0 Å². The number of nitrogens with one attached hydrogen (secondary N) is 3. The minimum Gasteiger partial charge on any atom is -0.380 e. The van der Waals surface area contributed by atoms with E-state index in [1.165, 1.54) is 24.3 Å². The molecule has 0 aliphatic rings. The zero-order valence-corrected chi connectivity index (χ0v) is 14.3. The smallest absolute Gasteiger partial charge is 0.358 e. The Morgan fingerprint density at radius 3 is 2.48 bits per heavy atom. The van der Waals surface area contributed by atoms with Gasteiger partial charge in [-0.25, -0.2) is 0 Å². The topological polar surface area (TPSA) is 135 Å². The molecular weight excluding hydrogens is 369 g/mol. The van der Waals surface area contributed by atoms with Gasteiger partial charge in [0, 0.05) is 17.3 Å². The van der Waals surface area contributed by atoms with Gasteiger partial charge in [-0.05, 0) is 29.8 Å². The molecule has 0 spiro atoms. The van der Waals surface area contributed by atoms with Crippen molar-refractivity contribution in [2.75, 3.05) is 5.32 Å². The summed E-state index contributed by atoms with van der Waals surface area (Å²) in [6, 6.07) is 9.12. The molecular formula is C15H13ClN3O5P. The van der Waals surface area contributed by atoms with Gasteiger partial charge in [0.15, 0.2) is 0 Å². The molecule has 3 rings (SSSR count). The molecule has 8 nitrogen and oxygen atoms in total. The van der Waals surface area contributed by atoms with Crippen LogP contribution in [0.3, 0.4) is 0 Å². The molecule has 10 heteroatoms. The summed E-state index contributed by atoms with van der Waals surface area (Å²) in [5, 5.41) is 3.13. The Morgan fingerprint density at radius 2 is 1.76 bits per heavy atom. The fraction of sp³-hybridized carbons (Fsp3) is 0.0667. The minimum absolute atomic E-state index is 0.121. The summed E-state index contributed by atoms with van der Waals surface area (Å²) in [6.45, 7) is 0.121. The van der Waals surface area contributed by atoms with Gasteiger partial charge in [-0.2, -0.15) is 0 Å². The molecule has 0 radical (unpaired) electrons. The van der Waals surface area contributed by atoms with Crippen molar-refractivity contribution in [2.24, 2.45) is 0 Å². The van der Waals surface area contributed by atoms with E-state index in [0.717, 1.165) is 0 Å². The van der Waals surface area contributed by atoms with Crippen molar-refractivity contribution in [3.05, 3.63) is 67.7 Å². The van der Waals surface area contributed by atoms with Crippen LogP contribution in [0.4, 0.5) is 5.69 Å². The summed E-state index contributed by atoms with van der Waals surface area (Å²) < 4.78 is 11.6. The number of hydrogen-bond acceptors (Lipinski definition) is 4. The van der Waals surface area contributed by atoms with E-state index in [4.69, 9.17) is 11.6 Å². The van der Waals surface area contributed by atoms with Crippen LogP contribution >= 0.6 is 19.2 Å². The molecule has 130 valence electrons. The van der Waals surface area contributed by atoms with Gasteiger partial charge in [0.25, 0.3) is 0 Å². The number of para-hydroxylation sites is 1. The quantitative estimate of drug-likeness (QED) is 0.341. The lowest BCUT2D eigenvalue weighted by Crippen LogP contribution is -2.29. The van der Waals surface area contributed by atoms with Gasteiger partial charge in [0.2, 0.25) is 0 Å². The number of aromatic amines is 2. The Hall–Kier alpha value is -2.38. The Morgan fingerprint density at radius 1 is 1.08 bits per heavy atom. The Bertz CT molecular complexity index is 1120. The van der Waals surface area contributed by atoms with Gasteiger partial charge in [-0.1, -0.05) is 23.7 Å². The second-order valence-electron chi connectivity index (χ2n) is 5.31. The Kier molecular flexibility index (Phi) is 4.53. The van der Waals surface area contributed by atoms with Gasteiger partial charge >= 0.3 is 18.7 Å². The van der Waals surface area contributed by atoms with Crippen LogP contribution in [0, 0.1) is 0 Å². The van der Waals surface area contributed by atoms with Crippen LogP contribution in [-0.4, -0.2) is 19.8 Å². The molecule has 0 fully saturated rings. The first-order valence-corrected chi connectivity index (χ1v) is 9.08. The third-order valence-electron chi connectivity index (χ3n) is 3.56. The molecule has 1 aromatic heterocycles. The van der Waals surface area contributed by atoms with E-state index in [1.807, 2.05) is 0 Å². The molecule has 0 saturated heterocycles. The molecule has 2 aromatic carbocycles. The van der Waals surface area contributed by atoms with E-state index < -0.39 is 18.7 Å². The summed E-state index contributed by atoms with van der Waals surface area (Å²) in [6.07, 6.45) is 0. The molecule has 0 aliphatic heterocycles.